The molecule has 0 aliphatic heterocycles. The van der Waals surface area contributed by atoms with E-state index in [0.29, 0.717) is 29.1 Å². The summed E-state index contributed by atoms with van der Waals surface area (Å²) in [4.78, 5) is 15.9. The molecule has 1 N–H and O–H groups in total. The van der Waals surface area contributed by atoms with Gasteiger partial charge in [0.1, 0.15) is 11.5 Å². The van der Waals surface area contributed by atoms with Crippen LogP contribution in [0, 0.1) is 0 Å². The standard InChI is InChI=1S/C17H17N3O4S/c1-3-23-13-7-5-4-6-12(13)15-18-17(20-19-15)25-10-11-8-9-14(24-11)16(21)22-2/h4-9H,3,10H2,1-2H3,(H,18,19,20). The highest BCUT2D eigenvalue weighted by Gasteiger charge is 2.14. The molecule has 7 nitrogen and oxygen atoms in total. The Morgan fingerprint density at radius 1 is 1.28 bits per heavy atom. The third kappa shape index (κ3) is 4.03. The maximum Gasteiger partial charge on any atom is 0.373 e. The van der Waals surface area contributed by atoms with Crippen LogP contribution in [0.4, 0.5) is 0 Å². The number of para-hydroxylation sites is 1. The molecule has 0 atom stereocenters. The van der Waals surface area contributed by atoms with E-state index in [-0.39, 0.29) is 5.76 Å². The Bertz CT molecular complexity index is 859. The lowest BCUT2D eigenvalue weighted by molar-refractivity contribution is 0.0563. The Morgan fingerprint density at radius 2 is 2.12 bits per heavy atom. The van der Waals surface area contributed by atoms with E-state index in [9.17, 15) is 4.79 Å². The Morgan fingerprint density at radius 3 is 2.92 bits per heavy atom. The van der Waals surface area contributed by atoms with E-state index >= 15 is 0 Å². The van der Waals surface area contributed by atoms with Gasteiger partial charge in [-0.1, -0.05) is 23.9 Å². The molecule has 0 aliphatic rings. The molecular weight excluding hydrogens is 342 g/mol. The van der Waals surface area contributed by atoms with Crippen LogP contribution in [0.5, 0.6) is 5.75 Å². The number of carbonyl (C=O) groups excluding carboxylic acids is 1. The fourth-order valence-corrected chi connectivity index (χ4v) is 2.87. The quantitative estimate of drug-likeness (QED) is 0.509. The third-order valence-electron chi connectivity index (χ3n) is 3.30. The number of ether oxygens (including phenoxy) is 2. The minimum absolute atomic E-state index is 0.180. The number of thioether (sulfide) groups is 1. The van der Waals surface area contributed by atoms with E-state index in [1.807, 2.05) is 31.2 Å². The van der Waals surface area contributed by atoms with Crippen molar-refractivity contribution < 1.29 is 18.7 Å². The van der Waals surface area contributed by atoms with Crippen molar-refractivity contribution in [1.82, 2.24) is 15.2 Å². The largest absolute Gasteiger partial charge is 0.493 e. The lowest BCUT2D eigenvalue weighted by Gasteiger charge is -2.06. The van der Waals surface area contributed by atoms with Crippen LogP contribution in [-0.2, 0) is 10.5 Å². The number of H-pyrrole nitrogens is 1. The van der Waals surface area contributed by atoms with Crippen LogP contribution in [-0.4, -0.2) is 34.9 Å². The van der Waals surface area contributed by atoms with Crippen LogP contribution in [0.1, 0.15) is 23.2 Å². The molecule has 0 saturated heterocycles. The number of hydrogen-bond donors (Lipinski definition) is 1. The molecule has 0 spiro atoms. The van der Waals surface area contributed by atoms with E-state index in [2.05, 4.69) is 19.9 Å². The highest BCUT2D eigenvalue weighted by atomic mass is 32.2. The summed E-state index contributed by atoms with van der Waals surface area (Å²) in [5.41, 5.74) is 0.856. The van der Waals surface area contributed by atoms with E-state index in [0.717, 1.165) is 11.3 Å². The van der Waals surface area contributed by atoms with Crippen LogP contribution in [0.25, 0.3) is 11.4 Å². The smallest absolute Gasteiger partial charge is 0.373 e. The number of nitrogens with one attached hydrogen (secondary N) is 1. The van der Waals surface area contributed by atoms with E-state index in [4.69, 9.17) is 9.15 Å². The van der Waals surface area contributed by atoms with Gasteiger partial charge in [0.2, 0.25) is 10.9 Å². The van der Waals surface area contributed by atoms with Gasteiger partial charge in [-0.2, -0.15) is 0 Å². The van der Waals surface area contributed by atoms with Crippen molar-refractivity contribution in [3.63, 3.8) is 0 Å². The molecule has 0 saturated carbocycles. The first-order valence-corrected chi connectivity index (χ1v) is 8.64. The Hall–Kier alpha value is -2.74. The van der Waals surface area contributed by atoms with Gasteiger partial charge in [-0.25, -0.2) is 9.78 Å². The van der Waals surface area contributed by atoms with Gasteiger partial charge in [0.05, 0.1) is 25.0 Å². The lowest BCUT2D eigenvalue weighted by Crippen LogP contribution is -1.98. The van der Waals surface area contributed by atoms with Crippen molar-refractivity contribution >= 4 is 17.7 Å². The number of aromatic amines is 1. The number of methoxy groups -OCH3 is 1. The summed E-state index contributed by atoms with van der Waals surface area (Å²) in [6.07, 6.45) is 0. The summed E-state index contributed by atoms with van der Waals surface area (Å²) in [6.45, 7) is 2.51. The molecule has 2 aromatic heterocycles. The minimum Gasteiger partial charge on any atom is -0.493 e. The second-order valence-electron chi connectivity index (χ2n) is 4.94. The zero-order valence-corrected chi connectivity index (χ0v) is 14.6. The minimum atomic E-state index is -0.496. The fourth-order valence-electron chi connectivity index (χ4n) is 2.18. The van der Waals surface area contributed by atoms with E-state index in [1.165, 1.54) is 18.9 Å². The second-order valence-corrected chi connectivity index (χ2v) is 5.88. The van der Waals surface area contributed by atoms with Gasteiger partial charge in [0.15, 0.2) is 5.82 Å². The summed E-state index contributed by atoms with van der Waals surface area (Å²) in [5, 5.41) is 7.71. The third-order valence-corrected chi connectivity index (χ3v) is 4.17. The Labute approximate surface area is 148 Å². The number of rotatable bonds is 7. The molecule has 3 rings (SSSR count). The number of benzene rings is 1. The molecule has 0 bridgehead atoms. The molecule has 0 unspecified atom stereocenters. The molecule has 25 heavy (non-hydrogen) atoms. The van der Waals surface area contributed by atoms with Gasteiger partial charge in [-0.15, -0.1) is 5.10 Å². The van der Waals surface area contributed by atoms with E-state index in [1.54, 1.807) is 12.1 Å². The molecule has 0 amide bonds. The predicted molar refractivity (Wildman–Crippen MR) is 92.6 cm³/mol. The van der Waals surface area contributed by atoms with Crippen LogP contribution in [0.15, 0.2) is 46.0 Å². The summed E-state index contributed by atoms with van der Waals surface area (Å²) < 4.78 is 15.6. The molecule has 2 heterocycles. The van der Waals surface area contributed by atoms with Crippen LogP contribution >= 0.6 is 11.8 Å². The number of carbonyl (C=O) groups is 1. The Kier molecular flexibility index (Phi) is 5.39. The van der Waals surface area contributed by atoms with Gasteiger partial charge < -0.3 is 13.9 Å². The maximum absolute atomic E-state index is 11.4. The highest BCUT2D eigenvalue weighted by Crippen LogP contribution is 2.29. The summed E-state index contributed by atoms with van der Waals surface area (Å²) in [7, 11) is 1.31. The molecule has 0 aliphatic carbocycles. The van der Waals surface area contributed by atoms with Gasteiger partial charge in [0, 0.05) is 0 Å². The molecule has 8 heteroatoms. The molecular formula is C17H17N3O4S. The predicted octanol–water partition coefficient (Wildman–Crippen LogP) is 3.54. The normalized spacial score (nSPS) is 10.6. The van der Waals surface area contributed by atoms with Crippen LogP contribution < -0.4 is 4.74 Å². The zero-order chi connectivity index (χ0) is 17.6. The Balaban J connectivity index is 1.68. The number of furan rings is 1. The van der Waals surface area contributed by atoms with Crippen molar-refractivity contribution in [3.8, 4) is 17.1 Å². The van der Waals surface area contributed by atoms with E-state index < -0.39 is 5.97 Å². The van der Waals surface area contributed by atoms with Gasteiger partial charge in [-0.05, 0) is 31.2 Å². The van der Waals surface area contributed by atoms with Gasteiger partial charge in [-0.3, -0.25) is 5.10 Å². The number of nitrogens with zero attached hydrogens (tertiary/aromatic N) is 2. The van der Waals surface area contributed by atoms with Crippen molar-refractivity contribution in [2.24, 2.45) is 0 Å². The van der Waals surface area contributed by atoms with Crippen molar-refractivity contribution in [2.75, 3.05) is 13.7 Å². The molecule has 0 fully saturated rings. The van der Waals surface area contributed by atoms with Crippen molar-refractivity contribution in [1.29, 1.82) is 0 Å². The van der Waals surface area contributed by atoms with Gasteiger partial charge >= 0.3 is 5.97 Å². The average molecular weight is 359 g/mol. The first kappa shape index (κ1) is 17.1. The van der Waals surface area contributed by atoms with Crippen molar-refractivity contribution in [2.45, 2.75) is 17.8 Å². The topological polar surface area (TPSA) is 90.2 Å². The molecule has 0 radical (unpaired) electrons. The lowest BCUT2D eigenvalue weighted by atomic mass is 10.2. The molecule has 130 valence electrons. The van der Waals surface area contributed by atoms with Crippen molar-refractivity contribution in [3.05, 3.63) is 47.9 Å². The second kappa shape index (κ2) is 7.89. The van der Waals surface area contributed by atoms with Gasteiger partial charge in [0.25, 0.3) is 0 Å². The summed E-state index contributed by atoms with van der Waals surface area (Å²) in [5.74, 6) is 2.23. The summed E-state index contributed by atoms with van der Waals surface area (Å²) in [6, 6.07) is 11.0. The maximum atomic E-state index is 11.4. The first-order valence-electron chi connectivity index (χ1n) is 7.65. The number of hydrogen-bond acceptors (Lipinski definition) is 7. The number of esters is 1. The molecule has 1 aromatic carbocycles. The SMILES string of the molecule is CCOc1ccccc1-c1nc(SCc2ccc(C(=O)OC)o2)n[nH]1. The first-order chi connectivity index (χ1) is 12.2. The van der Waals surface area contributed by atoms with Crippen LogP contribution in [0.3, 0.4) is 0 Å². The highest BCUT2D eigenvalue weighted by molar-refractivity contribution is 7.98. The number of aromatic nitrogens is 3. The summed E-state index contributed by atoms with van der Waals surface area (Å²) >= 11 is 1.40. The monoisotopic (exact) mass is 359 g/mol. The van der Waals surface area contributed by atoms with Crippen LogP contribution in [0.2, 0.25) is 0 Å². The zero-order valence-electron chi connectivity index (χ0n) is 13.8. The average Bonchev–Trinajstić information content (AvgIpc) is 3.29. The molecule has 3 aromatic rings. The fraction of sp³-hybridized carbons (Fsp3) is 0.235.